The number of fused-ring (bicyclic) bond motifs is 5. The monoisotopic (exact) mass is 314 g/mol. The standard InChI is InChI=1S/C20H26O3/c1-20-9-8-15-14-4-2-12(11-19(22)23)10-13(14)3-5-16(15)17(20)6-7-18(20)21/h2,4,10,15-18,21H,3,5-9,11H2,1H3,(H,22,23)/t15-,16-,17+,18+,20+/m1/s1. The minimum absolute atomic E-state index is 0.118. The van der Waals surface area contributed by atoms with Gasteiger partial charge in [0.1, 0.15) is 0 Å². The maximum atomic E-state index is 10.9. The second kappa shape index (κ2) is 5.34. The van der Waals surface area contributed by atoms with Crippen molar-refractivity contribution in [1.82, 2.24) is 0 Å². The smallest absolute Gasteiger partial charge is 0.307 e. The first-order valence-corrected chi connectivity index (χ1v) is 9.00. The molecule has 0 amide bonds. The van der Waals surface area contributed by atoms with Crippen LogP contribution in [0.5, 0.6) is 0 Å². The number of benzene rings is 1. The number of aliphatic hydroxyl groups excluding tert-OH is 1. The predicted molar refractivity (Wildman–Crippen MR) is 88.4 cm³/mol. The van der Waals surface area contributed by atoms with E-state index in [1.165, 1.54) is 30.4 Å². The average molecular weight is 314 g/mol. The first kappa shape index (κ1) is 15.2. The third-order valence-electron chi connectivity index (χ3n) is 7.10. The number of aryl methyl sites for hydroxylation is 1. The van der Waals surface area contributed by atoms with E-state index in [1.807, 2.05) is 6.07 Å². The van der Waals surface area contributed by atoms with Gasteiger partial charge in [0.05, 0.1) is 12.5 Å². The molecule has 0 unspecified atom stereocenters. The van der Waals surface area contributed by atoms with Gasteiger partial charge in [0.2, 0.25) is 0 Å². The van der Waals surface area contributed by atoms with Crippen molar-refractivity contribution in [3.63, 3.8) is 0 Å². The molecular formula is C20H26O3. The van der Waals surface area contributed by atoms with E-state index in [2.05, 4.69) is 19.1 Å². The minimum Gasteiger partial charge on any atom is -0.481 e. The molecule has 2 saturated carbocycles. The van der Waals surface area contributed by atoms with Crippen LogP contribution in [0.2, 0.25) is 0 Å². The van der Waals surface area contributed by atoms with E-state index in [1.54, 1.807) is 0 Å². The third kappa shape index (κ3) is 2.32. The van der Waals surface area contributed by atoms with E-state index >= 15 is 0 Å². The number of rotatable bonds is 2. The highest BCUT2D eigenvalue weighted by atomic mass is 16.4. The topological polar surface area (TPSA) is 57.5 Å². The summed E-state index contributed by atoms with van der Waals surface area (Å²) in [6.07, 6.45) is 6.69. The Hall–Kier alpha value is -1.35. The molecule has 0 radical (unpaired) electrons. The molecule has 2 fully saturated rings. The van der Waals surface area contributed by atoms with Crippen LogP contribution in [-0.2, 0) is 17.6 Å². The van der Waals surface area contributed by atoms with Crippen LogP contribution >= 0.6 is 0 Å². The maximum Gasteiger partial charge on any atom is 0.307 e. The zero-order valence-corrected chi connectivity index (χ0v) is 13.8. The molecule has 3 heteroatoms. The first-order chi connectivity index (χ1) is 11.0. The molecule has 0 spiro atoms. The SMILES string of the molecule is C[C@]12CC[C@@H]3c4ccc(CC(=O)O)cc4CC[C@H]3[C@@H]1CC[C@@H]2O. The zero-order chi connectivity index (χ0) is 16.2. The molecular weight excluding hydrogens is 288 g/mol. The maximum absolute atomic E-state index is 10.9. The van der Waals surface area contributed by atoms with Gasteiger partial charge in [0.25, 0.3) is 0 Å². The molecule has 1 aromatic rings. The van der Waals surface area contributed by atoms with Crippen molar-refractivity contribution >= 4 is 5.97 Å². The molecule has 23 heavy (non-hydrogen) atoms. The summed E-state index contributed by atoms with van der Waals surface area (Å²) >= 11 is 0. The molecule has 124 valence electrons. The largest absolute Gasteiger partial charge is 0.481 e. The Kier molecular flexibility index (Phi) is 3.53. The van der Waals surface area contributed by atoms with Crippen LogP contribution in [0.1, 0.15) is 61.6 Å². The van der Waals surface area contributed by atoms with E-state index in [4.69, 9.17) is 5.11 Å². The van der Waals surface area contributed by atoms with Gasteiger partial charge in [0, 0.05) is 0 Å². The average Bonchev–Trinajstić information content (AvgIpc) is 2.82. The number of aliphatic carboxylic acids is 1. The molecule has 0 aromatic heterocycles. The Bertz CT molecular complexity index is 638. The lowest BCUT2D eigenvalue weighted by Gasteiger charge is -2.50. The van der Waals surface area contributed by atoms with Gasteiger partial charge in [-0.1, -0.05) is 25.1 Å². The van der Waals surface area contributed by atoms with E-state index in [0.717, 1.165) is 24.8 Å². The van der Waals surface area contributed by atoms with Crippen molar-refractivity contribution < 1.29 is 15.0 Å². The summed E-state index contributed by atoms with van der Waals surface area (Å²) in [7, 11) is 0. The Morgan fingerprint density at radius 3 is 2.87 bits per heavy atom. The lowest BCUT2D eigenvalue weighted by molar-refractivity contribution is -0.136. The Labute approximate surface area is 137 Å². The van der Waals surface area contributed by atoms with Gasteiger partial charge in [-0.05, 0) is 78.4 Å². The Morgan fingerprint density at radius 1 is 1.26 bits per heavy atom. The summed E-state index contributed by atoms with van der Waals surface area (Å²) in [5.74, 6) is 1.21. The van der Waals surface area contributed by atoms with Crippen molar-refractivity contribution in [2.24, 2.45) is 17.3 Å². The summed E-state index contributed by atoms with van der Waals surface area (Å²) in [5, 5.41) is 19.4. The normalized spacial score (nSPS) is 38.5. The molecule has 1 aromatic carbocycles. The second-order valence-electron chi connectivity index (χ2n) is 8.16. The first-order valence-electron chi connectivity index (χ1n) is 9.00. The summed E-state index contributed by atoms with van der Waals surface area (Å²) in [6, 6.07) is 6.32. The van der Waals surface area contributed by atoms with Gasteiger partial charge in [-0.2, -0.15) is 0 Å². The quantitative estimate of drug-likeness (QED) is 0.878. The molecule has 3 aliphatic rings. The van der Waals surface area contributed by atoms with Crippen LogP contribution in [0.3, 0.4) is 0 Å². The zero-order valence-electron chi connectivity index (χ0n) is 13.8. The van der Waals surface area contributed by atoms with Gasteiger partial charge < -0.3 is 10.2 Å². The van der Waals surface area contributed by atoms with E-state index in [0.29, 0.717) is 17.8 Å². The van der Waals surface area contributed by atoms with Crippen LogP contribution in [0.4, 0.5) is 0 Å². The van der Waals surface area contributed by atoms with E-state index in [9.17, 15) is 9.90 Å². The van der Waals surface area contributed by atoms with Gasteiger partial charge in [0.15, 0.2) is 0 Å². The fourth-order valence-electron chi connectivity index (χ4n) is 5.89. The highest BCUT2D eigenvalue weighted by molar-refractivity contribution is 5.70. The van der Waals surface area contributed by atoms with Crippen LogP contribution < -0.4 is 0 Å². The molecule has 2 N–H and O–H groups in total. The molecule has 3 aliphatic carbocycles. The van der Waals surface area contributed by atoms with Gasteiger partial charge >= 0.3 is 5.97 Å². The van der Waals surface area contributed by atoms with Gasteiger partial charge in [-0.15, -0.1) is 0 Å². The van der Waals surface area contributed by atoms with E-state index < -0.39 is 5.97 Å². The number of carboxylic acids is 1. The molecule has 4 rings (SSSR count). The van der Waals surface area contributed by atoms with Crippen molar-refractivity contribution in [2.45, 2.75) is 63.9 Å². The molecule has 0 bridgehead atoms. The fourth-order valence-corrected chi connectivity index (χ4v) is 5.89. The summed E-state index contributed by atoms with van der Waals surface area (Å²) < 4.78 is 0. The fraction of sp³-hybridized carbons (Fsp3) is 0.650. The van der Waals surface area contributed by atoms with Crippen LogP contribution in [-0.4, -0.2) is 22.3 Å². The number of hydrogen-bond acceptors (Lipinski definition) is 2. The highest BCUT2D eigenvalue weighted by Gasteiger charge is 2.54. The lowest BCUT2D eigenvalue weighted by atomic mass is 9.55. The van der Waals surface area contributed by atoms with Crippen LogP contribution in [0.15, 0.2) is 18.2 Å². The van der Waals surface area contributed by atoms with E-state index in [-0.39, 0.29) is 17.9 Å². The van der Waals surface area contributed by atoms with Crippen LogP contribution in [0, 0.1) is 17.3 Å². The Balaban J connectivity index is 1.63. The highest BCUT2D eigenvalue weighted by Crippen LogP contribution is 2.60. The predicted octanol–water partition coefficient (Wildman–Crippen LogP) is 3.53. The minimum atomic E-state index is -0.757. The second-order valence-corrected chi connectivity index (χ2v) is 8.16. The molecule has 0 aliphatic heterocycles. The summed E-state index contributed by atoms with van der Waals surface area (Å²) in [4.78, 5) is 10.9. The number of hydrogen-bond donors (Lipinski definition) is 2. The number of carbonyl (C=O) groups is 1. The molecule has 5 atom stereocenters. The summed E-state index contributed by atoms with van der Waals surface area (Å²) in [5.41, 5.74) is 3.87. The van der Waals surface area contributed by atoms with Crippen molar-refractivity contribution in [2.75, 3.05) is 0 Å². The van der Waals surface area contributed by atoms with Crippen LogP contribution in [0.25, 0.3) is 0 Å². The molecule has 0 heterocycles. The van der Waals surface area contributed by atoms with Crippen molar-refractivity contribution in [3.8, 4) is 0 Å². The molecule has 3 nitrogen and oxygen atoms in total. The third-order valence-corrected chi connectivity index (χ3v) is 7.10. The lowest BCUT2D eigenvalue weighted by Crippen LogP contribution is -2.43. The molecule has 0 saturated heterocycles. The number of aliphatic hydroxyl groups is 1. The summed E-state index contributed by atoms with van der Waals surface area (Å²) in [6.45, 7) is 2.30. The Morgan fingerprint density at radius 2 is 2.09 bits per heavy atom. The number of carboxylic acid groups (broad SMARTS) is 1. The van der Waals surface area contributed by atoms with Gasteiger partial charge in [-0.25, -0.2) is 0 Å². The van der Waals surface area contributed by atoms with Crippen molar-refractivity contribution in [1.29, 1.82) is 0 Å². The van der Waals surface area contributed by atoms with Crippen molar-refractivity contribution in [3.05, 3.63) is 34.9 Å². The van der Waals surface area contributed by atoms with Gasteiger partial charge in [-0.3, -0.25) is 4.79 Å².